The molecule has 2 N–H and O–H groups in total. The van der Waals surface area contributed by atoms with Crippen molar-refractivity contribution in [3.63, 3.8) is 0 Å². The maximum Gasteiger partial charge on any atom is 0.310 e. The summed E-state index contributed by atoms with van der Waals surface area (Å²) in [5.74, 6) is -1.36. The number of hydrogen-bond acceptors (Lipinski definition) is 2. The molecule has 4 heteroatoms. The minimum Gasteiger partial charge on any atom is -0.481 e. The molecule has 4 bridgehead atoms. The highest BCUT2D eigenvalue weighted by atomic mass is 19.1. The summed E-state index contributed by atoms with van der Waals surface area (Å²) in [7, 11) is 0. The highest BCUT2D eigenvalue weighted by Crippen LogP contribution is 2.66. The van der Waals surface area contributed by atoms with Crippen LogP contribution in [0.4, 0.5) is 4.39 Å². The summed E-state index contributed by atoms with van der Waals surface area (Å²) in [6.07, 6.45) is 1.93. The number of aliphatic hydroxyl groups is 1. The van der Waals surface area contributed by atoms with Crippen LogP contribution in [-0.4, -0.2) is 27.5 Å². The Kier molecular flexibility index (Phi) is 1.71. The Morgan fingerprint density at radius 2 is 2.00 bits per heavy atom. The molecule has 0 heterocycles. The molecular weight excluding hydrogens is 211 g/mol. The number of carboxylic acids is 1. The lowest BCUT2D eigenvalue weighted by molar-refractivity contribution is -0.241. The van der Waals surface area contributed by atoms with E-state index in [2.05, 4.69) is 0 Å². The molecule has 0 spiro atoms. The molecular formula is C12H17FO3. The minimum atomic E-state index is -1.47. The lowest BCUT2D eigenvalue weighted by Crippen LogP contribution is -2.68. The van der Waals surface area contributed by atoms with Gasteiger partial charge in [-0.3, -0.25) is 4.79 Å². The SMILES string of the molecule is CC1C2(F)CC3CC(O)(C2)CC1(C(=O)O)C3. The summed E-state index contributed by atoms with van der Waals surface area (Å²) < 4.78 is 14.7. The Bertz CT molecular complexity index is 371. The molecule has 5 atom stereocenters. The van der Waals surface area contributed by atoms with Crippen molar-refractivity contribution >= 4 is 5.97 Å². The second-order valence-electron chi connectivity index (χ2n) is 6.27. The maximum atomic E-state index is 14.7. The van der Waals surface area contributed by atoms with Gasteiger partial charge >= 0.3 is 5.97 Å². The number of alkyl halides is 1. The second-order valence-corrected chi connectivity index (χ2v) is 6.27. The minimum absolute atomic E-state index is 0.0461. The summed E-state index contributed by atoms with van der Waals surface area (Å²) in [6, 6.07) is 0. The molecule has 0 aromatic carbocycles. The lowest BCUT2D eigenvalue weighted by Gasteiger charge is -2.63. The van der Waals surface area contributed by atoms with Crippen molar-refractivity contribution in [3.05, 3.63) is 0 Å². The summed E-state index contributed by atoms with van der Waals surface area (Å²) >= 11 is 0. The molecule has 4 aliphatic rings. The average Bonchev–Trinajstić information content (AvgIpc) is 2.10. The molecule has 0 aliphatic heterocycles. The van der Waals surface area contributed by atoms with Gasteiger partial charge in [0.05, 0.1) is 11.0 Å². The van der Waals surface area contributed by atoms with Gasteiger partial charge < -0.3 is 10.2 Å². The normalized spacial score (nSPS) is 58.9. The topological polar surface area (TPSA) is 57.5 Å². The molecule has 5 unspecified atom stereocenters. The zero-order chi connectivity index (χ0) is 11.8. The first-order valence-electron chi connectivity index (χ1n) is 5.94. The second kappa shape index (κ2) is 2.61. The third-order valence-corrected chi connectivity index (χ3v) is 5.25. The largest absolute Gasteiger partial charge is 0.481 e. The molecule has 90 valence electrons. The van der Waals surface area contributed by atoms with Crippen LogP contribution in [0, 0.1) is 17.3 Å². The quantitative estimate of drug-likeness (QED) is 0.718. The predicted molar refractivity (Wildman–Crippen MR) is 54.6 cm³/mol. The summed E-state index contributed by atoms with van der Waals surface area (Å²) in [4.78, 5) is 11.5. The first-order chi connectivity index (χ1) is 7.30. The highest BCUT2D eigenvalue weighted by molar-refractivity contribution is 5.76. The van der Waals surface area contributed by atoms with Crippen molar-refractivity contribution in [1.29, 1.82) is 0 Å². The van der Waals surface area contributed by atoms with E-state index in [4.69, 9.17) is 0 Å². The van der Waals surface area contributed by atoms with Crippen LogP contribution in [0.15, 0.2) is 0 Å². The number of carboxylic acid groups (broad SMARTS) is 1. The van der Waals surface area contributed by atoms with Crippen LogP contribution in [-0.2, 0) is 4.79 Å². The molecule has 0 radical (unpaired) electrons. The average molecular weight is 228 g/mol. The first kappa shape index (κ1) is 10.5. The van der Waals surface area contributed by atoms with E-state index in [-0.39, 0.29) is 18.8 Å². The molecule has 4 saturated carbocycles. The van der Waals surface area contributed by atoms with Crippen molar-refractivity contribution in [2.24, 2.45) is 17.3 Å². The fourth-order valence-electron chi connectivity index (χ4n) is 4.74. The van der Waals surface area contributed by atoms with Crippen LogP contribution < -0.4 is 0 Å². The van der Waals surface area contributed by atoms with Crippen molar-refractivity contribution in [3.8, 4) is 0 Å². The van der Waals surface area contributed by atoms with Gasteiger partial charge in [0.1, 0.15) is 5.67 Å². The summed E-state index contributed by atoms with van der Waals surface area (Å²) in [6.45, 7) is 1.70. The van der Waals surface area contributed by atoms with Gasteiger partial charge in [0.25, 0.3) is 0 Å². The van der Waals surface area contributed by atoms with E-state index >= 15 is 0 Å². The summed E-state index contributed by atoms with van der Waals surface area (Å²) in [5.41, 5.74) is -3.56. The Balaban J connectivity index is 2.11. The van der Waals surface area contributed by atoms with Crippen LogP contribution in [0.3, 0.4) is 0 Å². The highest BCUT2D eigenvalue weighted by Gasteiger charge is 2.70. The van der Waals surface area contributed by atoms with Gasteiger partial charge in [-0.2, -0.15) is 0 Å². The van der Waals surface area contributed by atoms with Crippen molar-refractivity contribution in [1.82, 2.24) is 0 Å². The number of halogens is 1. The Morgan fingerprint density at radius 1 is 1.31 bits per heavy atom. The third-order valence-electron chi connectivity index (χ3n) is 5.25. The molecule has 16 heavy (non-hydrogen) atoms. The van der Waals surface area contributed by atoms with Gasteiger partial charge in [-0.05, 0) is 31.6 Å². The maximum absolute atomic E-state index is 14.7. The van der Waals surface area contributed by atoms with E-state index in [1.54, 1.807) is 6.92 Å². The molecule has 0 amide bonds. The molecule has 0 saturated heterocycles. The zero-order valence-electron chi connectivity index (χ0n) is 9.37. The monoisotopic (exact) mass is 228 g/mol. The van der Waals surface area contributed by atoms with Crippen LogP contribution in [0.5, 0.6) is 0 Å². The number of aliphatic carboxylic acids is 1. The molecule has 3 nitrogen and oxygen atoms in total. The lowest BCUT2D eigenvalue weighted by atomic mass is 9.43. The van der Waals surface area contributed by atoms with Gasteiger partial charge in [-0.25, -0.2) is 4.39 Å². The first-order valence-corrected chi connectivity index (χ1v) is 5.94. The van der Waals surface area contributed by atoms with Gasteiger partial charge in [0, 0.05) is 12.3 Å². The van der Waals surface area contributed by atoms with E-state index < -0.39 is 28.6 Å². The van der Waals surface area contributed by atoms with Crippen LogP contribution in [0.2, 0.25) is 0 Å². The Morgan fingerprint density at radius 3 is 2.56 bits per heavy atom. The Labute approximate surface area is 93.7 Å². The van der Waals surface area contributed by atoms with Gasteiger partial charge in [0.15, 0.2) is 0 Å². The van der Waals surface area contributed by atoms with Crippen molar-refractivity contribution < 1.29 is 19.4 Å². The number of hydrogen-bond donors (Lipinski definition) is 2. The van der Waals surface area contributed by atoms with E-state index in [1.807, 2.05) is 0 Å². The van der Waals surface area contributed by atoms with Gasteiger partial charge in [-0.15, -0.1) is 0 Å². The fourth-order valence-corrected chi connectivity index (χ4v) is 4.74. The van der Waals surface area contributed by atoms with E-state index in [0.717, 1.165) is 0 Å². The van der Waals surface area contributed by atoms with E-state index in [0.29, 0.717) is 19.3 Å². The van der Waals surface area contributed by atoms with E-state index in [9.17, 15) is 19.4 Å². The van der Waals surface area contributed by atoms with E-state index in [1.165, 1.54) is 0 Å². The summed E-state index contributed by atoms with van der Waals surface area (Å²) in [5, 5.41) is 19.7. The zero-order valence-corrected chi connectivity index (χ0v) is 9.37. The van der Waals surface area contributed by atoms with Gasteiger partial charge in [0.2, 0.25) is 0 Å². The molecule has 0 aromatic rings. The standard InChI is InChI=1S/C12H17FO3/c1-7-11(9(14)15)3-8-2-10(16,5-11)6-12(7,13)4-8/h7-8,16H,2-6H2,1H3,(H,14,15). The third kappa shape index (κ3) is 1.04. The predicted octanol–water partition coefficient (Wildman–Crippen LogP) is 1.74. The van der Waals surface area contributed by atoms with Crippen molar-refractivity contribution in [2.45, 2.75) is 50.3 Å². The molecule has 4 fully saturated rings. The smallest absolute Gasteiger partial charge is 0.310 e. The number of rotatable bonds is 1. The number of carbonyl (C=O) groups is 1. The molecule has 0 aromatic heterocycles. The van der Waals surface area contributed by atoms with Crippen molar-refractivity contribution in [2.75, 3.05) is 0 Å². The van der Waals surface area contributed by atoms with Crippen LogP contribution in [0.25, 0.3) is 0 Å². The Hall–Kier alpha value is -0.640. The molecule has 4 aliphatic carbocycles. The van der Waals surface area contributed by atoms with Gasteiger partial charge in [-0.1, -0.05) is 6.92 Å². The molecule has 4 rings (SSSR count). The van der Waals surface area contributed by atoms with Crippen LogP contribution in [0.1, 0.15) is 39.0 Å². The van der Waals surface area contributed by atoms with Crippen LogP contribution >= 0.6 is 0 Å². The fraction of sp³-hybridized carbons (Fsp3) is 0.917.